The largest absolute Gasteiger partial charge is 0.318 e. The van der Waals surface area contributed by atoms with Gasteiger partial charge in [0.05, 0.1) is 4.91 Å². The molecule has 4 rings (SSSR count). The fourth-order valence-electron chi connectivity index (χ4n) is 4.37. The number of hydrogen-bond donors (Lipinski definition) is 0. The molecule has 1 aliphatic carbocycles. The zero-order valence-electron chi connectivity index (χ0n) is 16.8. The molecule has 2 amide bonds. The fourth-order valence-corrected chi connectivity index (χ4v) is 5.74. The van der Waals surface area contributed by atoms with Crippen LogP contribution in [0.3, 0.4) is 0 Å². The summed E-state index contributed by atoms with van der Waals surface area (Å²) in [5.74, 6) is 0.326. The third-order valence-electron chi connectivity index (χ3n) is 5.86. The third kappa shape index (κ3) is 4.33. The highest BCUT2D eigenvalue weighted by atomic mass is 127. The normalized spacial score (nSPS) is 19.6. The van der Waals surface area contributed by atoms with Crippen molar-refractivity contribution < 1.29 is 9.59 Å². The van der Waals surface area contributed by atoms with E-state index in [-0.39, 0.29) is 11.1 Å². The number of imide groups is 1. The maximum atomic E-state index is 12.9. The van der Waals surface area contributed by atoms with E-state index in [1.807, 2.05) is 12.1 Å². The average molecular weight is 520 g/mol. The van der Waals surface area contributed by atoms with Crippen LogP contribution in [-0.2, 0) is 4.79 Å². The van der Waals surface area contributed by atoms with Crippen LogP contribution in [-0.4, -0.2) is 27.2 Å². The Bertz CT molecular complexity index is 989. The van der Waals surface area contributed by atoms with Crippen molar-refractivity contribution in [2.24, 2.45) is 5.92 Å². The highest BCUT2D eigenvalue weighted by molar-refractivity contribution is 14.1. The Balaban J connectivity index is 1.59. The maximum absolute atomic E-state index is 12.9. The van der Waals surface area contributed by atoms with Crippen molar-refractivity contribution in [3.8, 4) is 5.69 Å². The Hall–Kier alpha value is -1.54. The predicted molar refractivity (Wildman–Crippen MR) is 127 cm³/mol. The smallest absolute Gasteiger partial charge is 0.293 e. The quantitative estimate of drug-likeness (QED) is 0.350. The second-order valence-corrected chi connectivity index (χ2v) is 10.2. The van der Waals surface area contributed by atoms with Crippen LogP contribution in [0.2, 0.25) is 0 Å². The summed E-state index contributed by atoms with van der Waals surface area (Å²) in [6, 6.07) is 10.4. The van der Waals surface area contributed by atoms with E-state index < -0.39 is 0 Å². The lowest BCUT2D eigenvalue weighted by atomic mass is 9.89. The number of nitrogens with zero attached hydrogens (tertiary/aromatic N) is 2. The molecule has 0 bridgehead atoms. The van der Waals surface area contributed by atoms with E-state index in [2.05, 4.69) is 65.3 Å². The van der Waals surface area contributed by atoms with E-state index in [1.165, 1.54) is 27.7 Å². The molecule has 0 radical (unpaired) electrons. The highest BCUT2D eigenvalue weighted by Gasteiger charge is 2.36. The van der Waals surface area contributed by atoms with Crippen molar-refractivity contribution in [2.45, 2.75) is 46.0 Å². The van der Waals surface area contributed by atoms with Gasteiger partial charge in [-0.15, -0.1) is 0 Å². The minimum atomic E-state index is -0.135. The number of carbonyl (C=O) groups excluding carboxylic acids is 2. The van der Waals surface area contributed by atoms with Crippen molar-refractivity contribution in [1.82, 2.24) is 9.47 Å². The van der Waals surface area contributed by atoms with E-state index >= 15 is 0 Å². The molecule has 2 heterocycles. The lowest BCUT2D eigenvalue weighted by Crippen LogP contribution is -2.34. The molecule has 1 aromatic carbocycles. The second kappa shape index (κ2) is 8.68. The first-order valence-corrected chi connectivity index (χ1v) is 12.0. The SMILES string of the molecule is Cc1cc(/C=C2/SC(=O)N(CC3CCCCC3)C2=O)c(C)n1-c1cccc(I)c1. The molecule has 2 fully saturated rings. The van der Waals surface area contributed by atoms with Crippen molar-refractivity contribution in [3.05, 3.63) is 55.8 Å². The molecular formula is C23H25IN2O2S. The van der Waals surface area contributed by atoms with Crippen LogP contribution < -0.4 is 0 Å². The second-order valence-electron chi connectivity index (χ2n) is 7.94. The van der Waals surface area contributed by atoms with Gasteiger partial charge in [0.25, 0.3) is 11.1 Å². The minimum Gasteiger partial charge on any atom is -0.318 e. The molecule has 1 saturated carbocycles. The Labute approximate surface area is 189 Å². The molecule has 0 N–H and O–H groups in total. The molecule has 1 aliphatic heterocycles. The van der Waals surface area contributed by atoms with Gasteiger partial charge in [0, 0.05) is 27.2 Å². The summed E-state index contributed by atoms with van der Waals surface area (Å²) in [5, 5.41) is -0.127. The summed E-state index contributed by atoms with van der Waals surface area (Å²) >= 11 is 3.39. The Kier molecular flexibility index (Phi) is 6.20. The summed E-state index contributed by atoms with van der Waals surface area (Å²) < 4.78 is 3.37. The zero-order chi connectivity index (χ0) is 20.5. The Morgan fingerprint density at radius 3 is 2.62 bits per heavy atom. The van der Waals surface area contributed by atoms with Gasteiger partial charge in [-0.25, -0.2) is 0 Å². The standard InChI is InChI=1S/C23H25IN2O2S/c1-15-11-18(16(2)26(15)20-10-6-9-19(24)13-20)12-21-22(27)25(23(28)29-21)14-17-7-4-3-5-8-17/h6,9-13,17H,3-5,7-8,14H2,1-2H3/b21-12+. The highest BCUT2D eigenvalue weighted by Crippen LogP contribution is 2.36. The van der Waals surface area contributed by atoms with E-state index in [4.69, 9.17) is 0 Å². The van der Waals surface area contributed by atoms with Crippen LogP contribution in [0, 0.1) is 23.3 Å². The molecule has 2 aliphatic rings. The number of hydrogen-bond acceptors (Lipinski definition) is 3. The number of rotatable bonds is 4. The third-order valence-corrected chi connectivity index (χ3v) is 7.44. The molecule has 152 valence electrons. The first-order chi connectivity index (χ1) is 13.9. The molecule has 0 spiro atoms. The van der Waals surface area contributed by atoms with Gasteiger partial charge in [-0.2, -0.15) is 0 Å². The Morgan fingerprint density at radius 2 is 1.90 bits per heavy atom. The number of aryl methyl sites for hydroxylation is 1. The first kappa shape index (κ1) is 20.7. The van der Waals surface area contributed by atoms with Crippen molar-refractivity contribution in [3.63, 3.8) is 0 Å². The van der Waals surface area contributed by atoms with Gasteiger partial charge >= 0.3 is 0 Å². The number of benzene rings is 1. The van der Waals surface area contributed by atoms with Crippen molar-refractivity contribution in [1.29, 1.82) is 0 Å². The number of amides is 2. The zero-order valence-corrected chi connectivity index (χ0v) is 19.8. The number of thioether (sulfide) groups is 1. The molecule has 0 atom stereocenters. The van der Waals surface area contributed by atoms with Crippen LogP contribution in [0.5, 0.6) is 0 Å². The van der Waals surface area contributed by atoms with Crippen LogP contribution in [0.15, 0.2) is 35.2 Å². The lowest BCUT2D eigenvalue weighted by Gasteiger charge is -2.25. The van der Waals surface area contributed by atoms with Gasteiger partial charge in [-0.05, 0) is 103 Å². The molecular weight excluding hydrogens is 495 g/mol. The van der Waals surface area contributed by atoms with Crippen LogP contribution in [0.1, 0.15) is 49.1 Å². The molecule has 1 aromatic heterocycles. The van der Waals surface area contributed by atoms with E-state index in [9.17, 15) is 9.59 Å². The first-order valence-electron chi connectivity index (χ1n) is 10.1. The van der Waals surface area contributed by atoms with Crippen molar-refractivity contribution >= 4 is 51.6 Å². The summed E-state index contributed by atoms with van der Waals surface area (Å²) in [6.45, 7) is 4.70. The minimum absolute atomic E-state index is 0.127. The van der Waals surface area contributed by atoms with E-state index in [0.29, 0.717) is 17.4 Å². The monoisotopic (exact) mass is 520 g/mol. The molecule has 2 aromatic rings. The van der Waals surface area contributed by atoms with Gasteiger partial charge in [0.1, 0.15) is 0 Å². The molecule has 6 heteroatoms. The topological polar surface area (TPSA) is 42.3 Å². The number of halogens is 1. The van der Waals surface area contributed by atoms with E-state index in [0.717, 1.165) is 47.2 Å². The summed E-state index contributed by atoms with van der Waals surface area (Å²) in [6.07, 6.45) is 7.82. The average Bonchev–Trinajstić information content (AvgIpc) is 3.12. The van der Waals surface area contributed by atoms with Gasteiger partial charge in [0.2, 0.25) is 0 Å². The molecule has 0 unspecified atom stereocenters. The fraction of sp³-hybridized carbons (Fsp3) is 0.391. The van der Waals surface area contributed by atoms with Crippen LogP contribution in [0.4, 0.5) is 4.79 Å². The Morgan fingerprint density at radius 1 is 1.14 bits per heavy atom. The molecule has 4 nitrogen and oxygen atoms in total. The van der Waals surface area contributed by atoms with Gasteiger partial charge in [-0.3, -0.25) is 14.5 Å². The lowest BCUT2D eigenvalue weighted by molar-refractivity contribution is -0.123. The summed E-state index contributed by atoms with van der Waals surface area (Å²) in [7, 11) is 0. The van der Waals surface area contributed by atoms with Crippen LogP contribution >= 0.6 is 34.4 Å². The summed E-state index contributed by atoms with van der Waals surface area (Å²) in [4.78, 5) is 27.4. The van der Waals surface area contributed by atoms with Crippen LogP contribution in [0.25, 0.3) is 11.8 Å². The molecule has 29 heavy (non-hydrogen) atoms. The number of carbonyl (C=O) groups is 2. The maximum Gasteiger partial charge on any atom is 0.293 e. The number of aromatic nitrogens is 1. The predicted octanol–water partition coefficient (Wildman–Crippen LogP) is 6.32. The van der Waals surface area contributed by atoms with Gasteiger partial charge in [0.15, 0.2) is 0 Å². The van der Waals surface area contributed by atoms with E-state index in [1.54, 1.807) is 0 Å². The van der Waals surface area contributed by atoms with Crippen molar-refractivity contribution in [2.75, 3.05) is 6.54 Å². The van der Waals surface area contributed by atoms with Gasteiger partial charge in [-0.1, -0.05) is 25.3 Å². The van der Waals surface area contributed by atoms with Gasteiger partial charge < -0.3 is 4.57 Å². The molecule has 1 saturated heterocycles. The summed E-state index contributed by atoms with van der Waals surface area (Å²) in [5.41, 5.74) is 4.28.